The molecule has 1 fully saturated rings. The van der Waals surface area contributed by atoms with E-state index in [0.29, 0.717) is 11.3 Å². The van der Waals surface area contributed by atoms with Crippen LogP contribution in [-0.2, 0) is 21.6 Å². The fourth-order valence-corrected chi connectivity index (χ4v) is 4.43. The SMILES string of the molecule is COc1cc(C)cc(-c2nnc([C@@]3(Cc4ccccc4)OC(=O)N([C@H](C)c4ccccc4)C3=O)o2)c1. The minimum absolute atomic E-state index is 0.0508. The third kappa shape index (κ3) is 4.11. The van der Waals surface area contributed by atoms with E-state index in [1.54, 1.807) is 20.1 Å². The normalized spacial score (nSPS) is 18.2. The van der Waals surface area contributed by atoms with Gasteiger partial charge in [0.1, 0.15) is 5.75 Å². The van der Waals surface area contributed by atoms with Crippen LogP contribution in [0.3, 0.4) is 0 Å². The summed E-state index contributed by atoms with van der Waals surface area (Å²) >= 11 is 0. The lowest BCUT2D eigenvalue weighted by Crippen LogP contribution is -2.41. The van der Waals surface area contributed by atoms with Gasteiger partial charge in [-0.25, -0.2) is 9.69 Å². The molecule has 1 aliphatic rings. The highest BCUT2D eigenvalue weighted by Crippen LogP contribution is 2.41. The molecule has 2 amide bonds. The van der Waals surface area contributed by atoms with Crippen LogP contribution < -0.4 is 4.74 Å². The van der Waals surface area contributed by atoms with Gasteiger partial charge >= 0.3 is 6.09 Å². The number of ether oxygens (including phenoxy) is 2. The second kappa shape index (κ2) is 9.30. The number of aryl methyl sites for hydroxylation is 1. The van der Waals surface area contributed by atoms with Crippen molar-refractivity contribution in [1.82, 2.24) is 15.1 Å². The van der Waals surface area contributed by atoms with E-state index < -0.39 is 23.6 Å². The van der Waals surface area contributed by atoms with Gasteiger partial charge in [0.15, 0.2) is 0 Å². The van der Waals surface area contributed by atoms with Crippen LogP contribution in [-0.4, -0.2) is 34.2 Å². The van der Waals surface area contributed by atoms with Crippen molar-refractivity contribution in [3.8, 4) is 17.2 Å². The van der Waals surface area contributed by atoms with Crippen LogP contribution in [0, 0.1) is 6.92 Å². The molecule has 36 heavy (non-hydrogen) atoms. The lowest BCUT2D eigenvalue weighted by molar-refractivity contribution is -0.140. The Balaban J connectivity index is 1.58. The molecule has 2 heterocycles. The van der Waals surface area contributed by atoms with Gasteiger partial charge in [0.25, 0.3) is 17.4 Å². The predicted octanol–water partition coefficient (Wildman–Crippen LogP) is 5.23. The standard InChI is InChI=1S/C28H25N3O5/c1-18-14-22(16-23(15-18)34-3)24-29-30-25(35-24)28(17-20-10-6-4-7-11-20)26(32)31(27(33)36-28)19(2)21-12-8-5-9-13-21/h4-16,19H,17H2,1-3H3/t19-,28-/m1/s1. The van der Waals surface area contributed by atoms with E-state index in [0.717, 1.165) is 21.6 Å². The average molecular weight is 484 g/mol. The zero-order valence-electron chi connectivity index (χ0n) is 20.2. The number of amides is 2. The fourth-order valence-electron chi connectivity index (χ4n) is 4.43. The number of aromatic nitrogens is 2. The Hall–Kier alpha value is -4.46. The highest BCUT2D eigenvalue weighted by molar-refractivity contribution is 6.03. The van der Waals surface area contributed by atoms with Crippen molar-refractivity contribution in [2.75, 3.05) is 7.11 Å². The maximum Gasteiger partial charge on any atom is 0.418 e. The third-order valence-corrected chi connectivity index (χ3v) is 6.29. The number of carbonyl (C=O) groups is 2. The van der Waals surface area contributed by atoms with Crippen molar-refractivity contribution >= 4 is 12.0 Å². The summed E-state index contributed by atoms with van der Waals surface area (Å²) < 4.78 is 17.2. The molecule has 2 atom stereocenters. The molecule has 4 aromatic rings. The van der Waals surface area contributed by atoms with Gasteiger partial charge in [0.2, 0.25) is 5.89 Å². The lowest BCUT2D eigenvalue weighted by atomic mass is 9.92. The molecule has 0 aliphatic carbocycles. The van der Waals surface area contributed by atoms with E-state index in [-0.39, 0.29) is 18.2 Å². The van der Waals surface area contributed by atoms with Crippen LogP contribution in [0.15, 0.2) is 83.3 Å². The molecular formula is C28H25N3O5. The first-order valence-corrected chi connectivity index (χ1v) is 11.6. The zero-order chi connectivity index (χ0) is 25.3. The molecule has 0 bridgehead atoms. The molecule has 0 radical (unpaired) electrons. The summed E-state index contributed by atoms with van der Waals surface area (Å²) in [7, 11) is 1.58. The van der Waals surface area contributed by atoms with E-state index in [1.807, 2.05) is 79.7 Å². The minimum Gasteiger partial charge on any atom is -0.497 e. The summed E-state index contributed by atoms with van der Waals surface area (Å²) in [5, 5.41) is 8.38. The summed E-state index contributed by atoms with van der Waals surface area (Å²) in [6.07, 6.45) is -0.709. The topological polar surface area (TPSA) is 94.8 Å². The minimum atomic E-state index is -1.79. The second-order valence-corrected chi connectivity index (χ2v) is 8.77. The summed E-state index contributed by atoms with van der Waals surface area (Å²) in [6, 6.07) is 23.6. The highest BCUT2D eigenvalue weighted by Gasteiger charge is 2.60. The van der Waals surface area contributed by atoms with Gasteiger partial charge in [0.05, 0.1) is 13.2 Å². The number of rotatable bonds is 7. The van der Waals surface area contributed by atoms with Crippen molar-refractivity contribution in [3.63, 3.8) is 0 Å². The maximum absolute atomic E-state index is 14.0. The zero-order valence-corrected chi connectivity index (χ0v) is 20.2. The third-order valence-electron chi connectivity index (χ3n) is 6.29. The van der Waals surface area contributed by atoms with E-state index in [2.05, 4.69) is 10.2 Å². The number of hydrogen-bond acceptors (Lipinski definition) is 7. The smallest absolute Gasteiger partial charge is 0.418 e. The van der Waals surface area contributed by atoms with Crippen molar-refractivity contribution in [2.45, 2.75) is 31.9 Å². The van der Waals surface area contributed by atoms with Crippen LogP contribution in [0.4, 0.5) is 4.79 Å². The Labute approximate surface area is 208 Å². The van der Waals surface area contributed by atoms with Crippen molar-refractivity contribution in [2.24, 2.45) is 0 Å². The average Bonchev–Trinajstić information content (AvgIpc) is 3.48. The first kappa shape index (κ1) is 23.3. The van der Waals surface area contributed by atoms with Gasteiger partial charge < -0.3 is 13.9 Å². The molecule has 0 N–H and O–H groups in total. The Morgan fingerprint density at radius 3 is 2.36 bits per heavy atom. The number of hydrogen-bond donors (Lipinski definition) is 0. The molecule has 0 unspecified atom stereocenters. The van der Waals surface area contributed by atoms with Gasteiger partial charge in [0, 0.05) is 12.0 Å². The van der Waals surface area contributed by atoms with Crippen LogP contribution in [0.25, 0.3) is 11.5 Å². The molecule has 8 heteroatoms. The van der Waals surface area contributed by atoms with E-state index in [4.69, 9.17) is 13.9 Å². The number of carbonyl (C=O) groups excluding carboxylic acids is 2. The van der Waals surface area contributed by atoms with Crippen molar-refractivity contribution < 1.29 is 23.5 Å². The van der Waals surface area contributed by atoms with E-state index >= 15 is 0 Å². The van der Waals surface area contributed by atoms with Crippen molar-refractivity contribution in [3.05, 3.63) is 101 Å². The molecule has 8 nitrogen and oxygen atoms in total. The molecule has 0 spiro atoms. The van der Waals surface area contributed by atoms with Gasteiger partial charge in [-0.1, -0.05) is 60.7 Å². The number of benzene rings is 3. The molecule has 1 saturated heterocycles. The first-order valence-electron chi connectivity index (χ1n) is 11.6. The Kier molecular flexibility index (Phi) is 6.01. The van der Waals surface area contributed by atoms with Gasteiger partial charge in [-0.3, -0.25) is 4.79 Å². The van der Waals surface area contributed by atoms with Gasteiger partial charge in [-0.05, 0) is 48.7 Å². The number of cyclic esters (lactones) is 1. The fraction of sp³-hybridized carbons (Fsp3) is 0.214. The Morgan fingerprint density at radius 1 is 0.972 bits per heavy atom. The first-order chi connectivity index (χ1) is 17.4. The van der Waals surface area contributed by atoms with Crippen LogP contribution >= 0.6 is 0 Å². The van der Waals surface area contributed by atoms with Gasteiger partial charge in [-0.15, -0.1) is 10.2 Å². The molecule has 5 rings (SSSR count). The van der Waals surface area contributed by atoms with Crippen LogP contribution in [0.1, 0.15) is 35.5 Å². The van der Waals surface area contributed by atoms with E-state index in [9.17, 15) is 9.59 Å². The Morgan fingerprint density at radius 2 is 1.67 bits per heavy atom. The van der Waals surface area contributed by atoms with E-state index in [1.165, 1.54) is 0 Å². The number of nitrogens with zero attached hydrogens (tertiary/aromatic N) is 3. The quantitative estimate of drug-likeness (QED) is 0.355. The monoisotopic (exact) mass is 483 g/mol. The van der Waals surface area contributed by atoms with Gasteiger partial charge in [-0.2, -0.15) is 0 Å². The summed E-state index contributed by atoms with van der Waals surface area (Å²) in [5.41, 5.74) is 1.36. The number of methoxy groups -OCH3 is 1. The molecule has 1 aliphatic heterocycles. The predicted molar refractivity (Wildman–Crippen MR) is 131 cm³/mol. The van der Waals surface area contributed by atoms with Crippen LogP contribution in [0.2, 0.25) is 0 Å². The molecule has 182 valence electrons. The second-order valence-electron chi connectivity index (χ2n) is 8.77. The Bertz CT molecular complexity index is 1400. The summed E-state index contributed by atoms with van der Waals surface area (Å²) in [6.45, 7) is 3.71. The maximum atomic E-state index is 14.0. The molecule has 0 saturated carbocycles. The molecule has 1 aromatic heterocycles. The summed E-state index contributed by atoms with van der Waals surface area (Å²) in [5.74, 6) is 0.195. The largest absolute Gasteiger partial charge is 0.497 e. The molecule has 3 aromatic carbocycles. The molecular weight excluding hydrogens is 458 g/mol. The van der Waals surface area contributed by atoms with Crippen LogP contribution in [0.5, 0.6) is 5.75 Å². The highest BCUT2D eigenvalue weighted by atomic mass is 16.6. The lowest BCUT2D eigenvalue weighted by Gasteiger charge is -2.23. The summed E-state index contributed by atoms with van der Waals surface area (Å²) in [4.78, 5) is 28.3. The number of imide groups is 1. The van der Waals surface area contributed by atoms with Crippen molar-refractivity contribution in [1.29, 1.82) is 0 Å².